The summed E-state index contributed by atoms with van der Waals surface area (Å²) in [6.07, 6.45) is 1.20. The number of amides is 2. The molecule has 1 saturated heterocycles. The molecule has 0 unspecified atom stereocenters. The number of benzene rings is 2. The van der Waals surface area contributed by atoms with Crippen LogP contribution in [0, 0.1) is 19.8 Å². The summed E-state index contributed by atoms with van der Waals surface area (Å²) in [5, 5.41) is 5.59. The predicted octanol–water partition coefficient (Wildman–Crippen LogP) is 3.44. The minimum atomic E-state index is -3.84. The van der Waals surface area contributed by atoms with Crippen LogP contribution in [0.5, 0.6) is 5.75 Å². The van der Waals surface area contributed by atoms with Crippen molar-refractivity contribution in [1.82, 2.24) is 4.31 Å². The van der Waals surface area contributed by atoms with Crippen molar-refractivity contribution in [1.29, 1.82) is 0 Å². The van der Waals surface area contributed by atoms with E-state index in [2.05, 4.69) is 26.6 Å². The van der Waals surface area contributed by atoms with E-state index in [4.69, 9.17) is 4.74 Å². The molecule has 0 bridgehead atoms. The van der Waals surface area contributed by atoms with Gasteiger partial charge in [-0.2, -0.15) is 4.31 Å². The van der Waals surface area contributed by atoms with E-state index in [1.807, 2.05) is 25.1 Å². The average Bonchev–Trinajstić information content (AvgIpc) is 2.75. The zero-order valence-electron chi connectivity index (χ0n) is 17.8. The second-order valence-corrected chi connectivity index (χ2v) is 10.9. The number of piperidine rings is 1. The highest BCUT2D eigenvalue weighted by molar-refractivity contribution is 9.10. The Labute approximate surface area is 195 Å². The van der Waals surface area contributed by atoms with E-state index < -0.39 is 15.9 Å². The Morgan fingerprint density at radius 3 is 2.78 bits per heavy atom. The molecule has 10 heteroatoms. The number of ether oxygens (including phenoxy) is 1. The van der Waals surface area contributed by atoms with Crippen LogP contribution in [0.4, 0.5) is 11.4 Å². The number of anilines is 2. The van der Waals surface area contributed by atoms with E-state index >= 15 is 0 Å². The number of hydrogen-bond donors (Lipinski definition) is 2. The van der Waals surface area contributed by atoms with Gasteiger partial charge >= 0.3 is 0 Å². The number of rotatable bonds is 4. The van der Waals surface area contributed by atoms with Gasteiger partial charge in [-0.25, -0.2) is 8.42 Å². The average molecular weight is 522 g/mol. The number of fused-ring (bicyclic) bond motifs is 1. The van der Waals surface area contributed by atoms with Crippen LogP contribution < -0.4 is 15.4 Å². The summed E-state index contributed by atoms with van der Waals surface area (Å²) >= 11 is 3.46. The van der Waals surface area contributed by atoms with E-state index in [1.54, 1.807) is 13.0 Å². The van der Waals surface area contributed by atoms with Crippen molar-refractivity contribution in [2.45, 2.75) is 31.6 Å². The molecule has 0 aliphatic carbocycles. The summed E-state index contributed by atoms with van der Waals surface area (Å²) in [5.41, 5.74) is 2.68. The molecular formula is C22H24BrN3O5S. The zero-order chi connectivity index (χ0) is 23.0. The second-order valence-electron chi connectivity index (χ2n) is 8.13. The number of nitrogens with one attached hydrogen (secondary N) is 2. The lowest BCUT2D eigenvalue weighted by Crippen LogP contribution is -2.44. The minimum absolute atomic E-state index is 0.103. The molecule has 2 aliphatic heterocycles. The Hall–Kier alpha value is -2.43. The number of halogens is 1. The molecule has 170 valence electrons. The molecule has 32 heavy (non-hydrogen) atoms. The number of carbonyl (C=O) groups excluding carboxylic acids is 2. The van der Waals surface area contributed by atoms with Gasteiger partial charge in [-0.05, 0) is 71.9 Å². The van der Waals surface area contributed by atoms with Crippen LogP contribution in [0.25, 0.3) is 0 Å². The van der Waals surface area contributed by atoms with Gasteiger partial charge in [-0.15, -0.1) is 0 Å². The number of sulfonamides is 1. The second kappa shape index (κ2) is 8.84. The van der Waals surface area contributed by atoms with Crippen LogP contribution in [-0.4, -0.2) is 44.2 Å². The third-order valence-electron chi connectivity index (χ3n) is 5.67. The molecule has 0 spiro atoms. The summed E-state index contributed by atoms with van der Waals surface area (Å²) in [4.78, 5) is 24.5. The molecular weight excluding hydrogens is 498 g/mol. The van der Waals surface area contributed by atoms with Crippen molar-refractivity contribution >= 4 is 49.1 Å². The SMILES string of the molecule is Cc1ccc(NC(=O)[C@H]2CCCN(S(=O)(=O)c3cc4c(cc3C)NC(=O)CO4)C2)c(Br)c1. The molecule has 0 saturated carbocycles. The predicted molar refractivity (Wildman–Crippen MR) is 124 cm³/mol. The first-order valence-corrected chi connectivity index (χ1v) is 12.5. The summed E-state index contributed by atoms with van der Waals surface area (Å²) in [5.74, 6) is -0.621. The summed E-state index contributed by atoms with van der Waals surface area (Å²) in [7, 11) is -3.84. The molecule has 0 aromatic heterocycles. The Morgan fingerprint density at radius 2 is 2.03 bits per heavy atom. The maximum absolute atomic E-state index is 13.4. The van der Waals surface area contributed by atoms with E-state index in [-0.39, 0.29) is 29.9 Å². The van der Waals surface area contributed by atoms with Gasteiger partial charge in [0.15, 0.2) is 6.61 Å². The number of nitrogens with zero attached hydrogens (tertiary/aromatic N) is 1. The van der Waals surface area contributed by atoms with Crippen LogP contribution >= 0.6 is 15.9 Å². The highest BCUT2D eigenvalue weighted by atomic mass is 79.9. The van der Waals surface area contributed by atoms with Crippen LogP contribution in [-0.2, 0) is 19.6 Å². The molecule has 2 aromatic carbocycles. The van der Waals surface area contributed by atoms with E-state index in [0.717, 1.165) is 10.0 Å². The fourth-order valence-corrected chi connectivity index (χ4v) is 6.30. The van der Waals surface area contributed by atoms with Crippen molar-refractivity contribution in [2.75, 3.05) is 30.3 Å². The van der Waals surface area contributed by atoms with Crippen molar-refractivity contribution < 1.29 is 22.7 Å². The van der Waals surface area contributed by atoms with E-state index in [9.17, 15) is 18.0 Å². The first kappa shape index (κ1) is 22.8. The topological polar surface area (TPSA) is 105 Å². The quantitative estimate of drug-likeness (QED) is 0.641. The van der Waals surface area contributed by atoms with Crippen molar-refractivity contribution in [2.24, 2.45) is 5.92 Å². The standard InChI is InChI=1S/C22H24BrN3O5S/c1-13-5-6-17(16(23)8-13)25-22(28)15-4-3-7-26(11-15)32(29,30)20-10-19-18(9-14(20)2)24-21(27)12-31-19/h5-6,8-10,15H,3-4,7,11-12H2,1-2H3,(H,24,27)(H,25,28)/t15-/m0/s1. The van der Waals surface area contributed by atoms with Crippen molar-refractivity contribution in [3.8, 4) is 5.75 Å². The molecule has 2 aliphatic rings. The molecule has 2 aromatic rings. The third kappa shape index (κ3) is 4.53. The Bertz CT molecular complexity index is 1200. The Morgan fingerprint density at radius 1 is 1.25 bits per heavy atom. The maximum Gasteiger partial charge on any atom is 0.262 e. The molecule has 4 rings (SSSR count). The highest BCUT2D eigenvalue weighted by Crippen LogP contribution is 2.35. The molecule has 2 N–H and O–H groups in total. The van der Waals surface area contributed by atoms with Crippen LogP contribution in [0.1, 0.15) is 24.0 Å². The number of carbonyl (C=O) groups is 2. The lowest BCUT2D eigenvalue weighted by molar-refractivity contribution is -0.121. The zero-order valence-corrected chi connectivity index (χ0v) is 20.2. The van der Waals surface area contributed by atoms with Gasteiger partial charge in [-0.3, -0.25) is 9.59 Å². The fourth-order valence-electron chi connectivity index (χ4n) is 3.96. The van der Waals surface area contributed by atoms with Crippen LogP contribution in [0.3, 0.4) is 0 Å². The van der Waals surface area contributed by atoms with Gasteiger partial charge in [0.05, 0.1) is 22.2 Å². The van der Waals surface area contributed by atoms with Gasteiger partial charge in [0, 0.05) is 23.6 Å². The van der Waals surface area contributed by atoms with Crippen molar-refractivity contribution in [3.05, 3.63) is 45.9 Å². The first-order valence-electron chi connectivity index (χ1n) is 10.3. The summed E-state index contributed by atoms with van der Waals surface area (Å²) in [6.45, 7) is 3.93. The Balaban J connectivity index is 1.53. The molecule has 1 atom stereocenters. The molecule has 2 heterocycles. The number of hydrogen-bond acceptors (Lipinski definition) is 5. The van der Waals surface area contributed by atoms with E-state index in [1.165, 1.54) is 10.4 Å². The van der Waals surface area contributed by atoms with Gasteiger partial charge < -0.3 is 15.4 Å². The third-order valence-corrected chi connectivity index (χ3v) is 8.33. The largest absolute Gasteiger partial charge is 0.482 e. The van der Waals surface area contributed by atoms with E-state index in [0.29, 0.717) is 42.1 Å². The molecule has 2 amide bonds. The first-order chi connectivity index (χ1) is 15.1. The highest BCUT2D eigenvalue weighted by Gasteiger charge is 2.35. The van der Waals surface area contributed by atoms with Crippen LogP contribution in [0.15, 0.2) is 39.7 Å². The smallest absolute Gasteiger partial charge is 0.262 e. The normalized spacial score (nSPS) is 19.0. The van der Waals surface area contributed by atoms with Crippen molar-refractivity contribution in [3.63, 3.8) is 0 Å². The van der Waals surface area contributed by atoms with Gasteiger partial charge in [0.2, 0.25) is 15.9 Å². The fraction of sp³-hybridized carbons (Fsp3) is 0.364. The summed E-state index contributed by atoms with van der Waals surface area (Å²) in [6, 6.07) is 8.69. The molecule has 8 nitrogen and oxygen atoms in total. The Kier molecular flexibility index (Phi) is 6.28. The minimum Gasteiger partial charge on any atom is -0.482 e. The maximum atomic E-state index is 13.4. The molecule has 1 fully saturated rings. The lowest BCUT2D eigenvalue weighted by atomic mass is 9.98. The van der Waals surface area contributed by atoms with Gasteiger partial charge in [-0.1, -0.05) is 6.07 Å². The summed E-state index contributed by atoms with van der Waals surface area (Å²) < 4.78 is 34.4. The van der Waals surface area contributed by atoms with Crippen LogP contribution in [0.2, 0.25) is 0 Å². The van der Waals surface area contributed by atoms with Gasteiger partial charge in [0.25, 0.3) is 5.91 Å². The van der Waals surface area contributed by atoms with Gasteiger partial charge in [0.1, 0.15) is 5.75 Å². The number of aryl methyl sites for hydroxylation is 2. The monoisotopic (exact) mass is 521 g/mol. The lowest BCUT2D eigenvalue weighted by Gasteiger charge is -2.32. The molecule has 0 radical (unpaired) electrons.